The molecular formula is C12H5BBr2S3. The van der Waals surface area contributed by atoms with Gasteiger partial charge in [-0.25, -0.2) is 0 Å². The monoisotopic (exact) mass is 414 g/mol. The van der Waals surface area contributed by atoms with Crippen LogP contribution >= 0.6 is 65.9 Å². The van der Waals surface area contributed by atoms with Crippen molar-refractivity contribution in [3.8, 4) is 0 Å². The van der Waals surface area contributed by atoms with Crippen molar-refractivity contribution in [2.75, 3.05) is 0 Å². The lowest BCUT2D eigenvalue weighted by atomic mass is 10.1. The van der Waals surface area contributed by atoms with E-state index >= 15 is 0 Å². The molecule has 3 heterocycles. The van der Waals surface area contributed by atoms with Crippen LogP contribution in [0.1, 0.15) is 0 Å². The van der Waals surface area contributed by atoms with Gasteiger partial charge in [0, 0.05) is 30.3 Å². The molecule has 3 aromatic heterocycles. The van der Waals surface area contributed by atoms with Crippen molar-refractivity contribution >= 4 is 109 Å². The molecule has 6 heteroatoms. The third kappa shape index (κ3) is 1.59. The number of rotatable bonds is 0. The second kappa shape index (κ2) is 4.06. The summed E-state index contributed by atoms with van der Waals surface area (Å²) in [6.45, 7) is 0. The lowest BCUT2D eigenvalue weighted by Gasteiger charge is -1.96. The number of thiophene rings is 3. The summed E-state index contributed by atoms with van der Waals surface area (Å²) in [5, 5.41) is 4.17. The Labute approximate surface area is 133 Å². The first kappa shape index (κ1) is 11.9. The zero-order chi connectivity index (χ0) is 12.4. The highest BCUT2D eigenvalue weighted by Crippen LogP contribution is 2.46. The Bertz CT molecular complexity index is 698. The summed E-state index contributed by atoms with van der Waals surface area (Å²) in [5.41, 5.74) is 0. The third-order valence-corrected chi connectivity index (χ3v) is 7.42. The van der Waals surface area contributed by atoms with Crippen LogP contribution in [0.25, 0.3) is 30.3 Å². The van der Waals surface area contributed by atoms with Gasteiger partial charge in [0.2, 0.25) is 0 Å². The Morgan fingerprint density at radius 3 is 1.72 bits per heavy atom. The molecule has 0 radical (unpaired) electrons. The second-order valence-electron chi connectivity index (χ2n) is 4.19. The van der Waals surface area contributed by atoms with Crippen LogP contribution in [0, 0.1) is 0 Å². The van der Waals surface area contributed by atoms with Crippen LogP contribution in [0.2, 0.25) is 0 Å². The first-order valence-corrected chi connectivity index (χ1v) is 9.37. The minimum absolute atomic E-state index is 1.21. The maximum absolute atomic E-state index is 3.62. The van der Waals surface area contributed by atoms with Crippen molar-refractivity contribution in [2.24, 2.45) is 0 Å². The largest absolute Gasteiger partial charge is 0.152 e. The summed E-state index contributed by atoms with van der Waals surface area (Å²) in [7, 11) is 2.19. The molecule has 0 aliphatic carbocycles. The maximum Gasteiger partial charge on any atom is 0.152 e. The first-order valence-electron chi connectivity index (χ1n) is 5.33. The topological polar surface area (TPSA) is 0 Å². The average molecular weight is 416 g/mol. The lowest BCUT2D eigenvalue weighted by molar-refractivity contribution is 2.07. The van der Waals surface area contributed by atoms with Gasteiger partial charge in [0.05, 0.1) is 7.57 Å². The summed E-state index contributed by atoms with van der Waals surface area (Å²) in [6.07, 6.45) is 0. The minimum Gasteiger partial charge on any atom is -0.150 e. The average Bonchev–Trinajstić information content (AvgIpc) is 2.93. The minimum atomic E-state index is 1.21. The van der Waals surface area contributed by atoms with Gasteiger partial charge in [-0.1, -0.05) is 0 Å². The number of hydrogen-bond donors (Lipinski definition) is 0. The lowest BCUT2D eigenvalue weighted by Crippen LogP contribution is -1.88. The van der Waals surface area contributed by atoms with E-state index in [1.54, 1.807) is 0 Å². The van der Waals surface area contributed by atoms with Gasteiger partial charge in [0.15, 0.2) is 7.85 Å². The van der Waals surface area contributed by atoms with Crippen LogP contribution in [0.3, 0.4) is 0 Å². The molecular weight excluding hydrogens is 411 g/mol. The SMILES string of the molecule is Bc1cc2c(s1)c1cc(Br)sc1c1cc(Br)sc21. The summed E-state index contributed by atoms with van der Waals surface area (Å²) < 4.78 is 8.02. The fraction of sp³-hybridized carbons (Fsp3) is 0. The molecule has 4 aromatic rings. The molecule has 18 heavy (non-hydrogen) atoms. The molecule has 0 bridgehead atoms. The summed E-state index contributed by atoms with van der Waals surface area (Å²) in [6, 6.07) is 6.82. The number of fused-ring (bicyclic) bond motifs is 6. The molecule has 0 amide bonds. The second-order valence-corrected chi connectivity index (χ2v) is 10.3. The fourth-order valence-electron chi connectivity index (χ4n) is 2.34. The molecule has 0 atom stereocenters. The predicted molar refractivity (Wildman–Crippen MR) is 96.2 cm³/mol. The van der Waals surface area contributed by atoms with E-state index in [1.807, 2.05) is 34.0 Å². The van der Waals surface area contributed by atoms with E-state index in [1.165, 1.54) is 42.6 Å². The maximum atomic E-state index is 3.62. The van der Waals surface area contributed by atoms with Gasteiger partial charge in [-0.3, -0.25) is 0 Å². The molecule has 0 saturated carbocycles. The van der Waals surface area contributed by atoms with Gasteiger partial charge in [-0.15, -0.1) is 22.7 Å². The van der Waals surface area contributed by atoms with Gasteiger partial charge in [-0.2, -0.15) is 11.3 Å². The Balaban J connectivity index is 2.43. The first-order chi connectivity index (χ1) is 8.63. The Morgan fingerprint density at radius 1 is 0.722 bits per heavy atom. The molecule has 0 N–H and O–H groups in total. The molecule has 0 aliphatic heterocycles. The molecule has 0 spiro atoms. The standard InChI is InChI=1S/C12H5BBr2S3/c13-7-1-4-10(16-7)5-2-8(14)18-12(5)6-3-9(15)17-11(4)6/h1-3H,13H2. The van der Waals surface area contributed by atoms with Gasteiger partial charge in [0.1, 0.15) is 0 Å². The Morgan fingerprint density at radius 2 is 1.17 bits per heavy atom. The fourth-order valence-corrected chi connectivity index (χ4v) is 6.83. The van der Waals surface area contributed by atoms with E-state index in [9.17, 15) is 0 Å². The molecule has 0 fully saturated rings. The molecule has 88 valence electrons. The summed E-state index contributed by atoms with van der Waals surface area (Å²) in [5.74, 6) is 0. The third-order valence-electron chi connectivity index (χ3n) is 2.99. The zero-order valence-electron chi connectivity index (χ0n) is 9.21. The molecule has 0 saturated heterocycles. The van der Waals surface area contributed by atoms with E-state index in [0.29, 0.717) is 0 Å². The van der Waals surface area contributed by atoms with Gasteiger partial charge in [-0.05, 0) is 54.8 Å². The Hall–Kier alpha value is 0.125. The molecule has 0 unspecified atom stereocenters. The van der Waals surface area contributed by atoms with E-state index < -0.39 is 0 Å². The molecule has 1 aromatic carbocycles. The van der Waals surface area contributed by atoms with Crippen molar-refractivity contribution in [3.63, 3.8) is 0 Å². The van der Waals surface area contributed by atoms with Crippen molar-refractivity contribution in [1.82, 2.24) is 0 Å². The predicted octanol–water partition coefficient (Wildman–Crippen LogP) is 5.11. The van der Waals surface area contributed by atoms with E-state index in [-0.39, 0.29) is 0 Å². The highest BCUT2D eigenvalue weighted by molar-refractivity contribution is 9.11. The zero-order valence-corrected chi connectivity index (χ0v) is 14.8. The number of halogens is 2. The normalized spacial score (nSPS) is 12.1. The van der Waals surface area contributed by atoms with Gasteiger partial charge >= 0.3 is 0 Å². The number of benzene rings is 1. The smallest absolute Gasteiger partial charge is 0.150 e. The van der Waals surface area contributed by atoms with E-state index in [0.717, 1.165) is 0 Å². The molecule has 0 nitrogen and oxygen atoms in total. The quantitative estimate of drug-likeness (QED) is 0.350. The summed E-state index contributed by atoms with van der Waals surface area (Å²) in [4.78, 5) is 0. The van der Waals surface area contributed by atoms with E-state index in [2.05, 4.69) is 57.9 Å². The molecule has 4 rings (SSSR count). The van der Waals surface area contributed by atoms with Crippen LogP contribution in [0.15, 0.2) is 25.8 Å². The van der Waals surface area contributed by atoms with Crippen molar-refractivity contribution in [2.45, 2.75) is 0 Å². The van der Waals surface area contributed by atoms with Crippen molar-refractivity contribution in [1.29, 1.82) is 0 Å². The number of hydrogen-bond acceptors (Lipinski definition) is 3. The van der Waals surface area contributed by atoms with E-state index in [4.69, 9.17) is 0 Å². The van der Waals surface area contributed by atoms with Crippen LogP contribution in [-0.2, 0) is 0 Å². The summed E-state index contributed by atoms with van der Waals surface area (Å²) >= 11 is 12.8. The van der Waals surface area contributed by atoms with Gasteiger partial charge in [0.25, 0.3) is 0 Å². The van der Waals surface area contributed by atoms with Crippen LogP contribution < -0.4 is 4.78 Å². The molecule has 0 aliphatic rings. The van der Waals surface area contributed by atoms with Crippen molar-refractivity contribution in [3.05, 3.63) is 25.8 Å². The van der Waals surface area contributed by atoms with Crippen LogP contribution in [0.4, 0.5) is 0 Å². The highest BCUT2D eigenvalue weighted by atomic mass is 79.9. The Kier molecular flexibility index (Phi) is 2.69. The van der Waals surface area contributed by atoms with Crippen LogP contribution in [0.5, 0.6) is 0 Å². The van der Waals surface area contributed by atoms with Crippen molar-refractivity contribution < 1.29 is 0 Å². The van der Waals surface area contributed by atoms with Crippen LogP contribution in [-0.4, -0.2) is 7.85 Å². The highest BCUT2D eigenvalue weighted by Gasteiger charge is 2.15. The van der Waals surface area contributed by atoms with Gasteiger partial charge < -0.3 is 0 Å².